The van der Waals surface area contributed by atoms with Crippen molar-refractivity contribution in [3.05, 3.63) is 40.4 Å². The molecule has 0 saturated carbocycles. The Bertz CT molecular complexity index is 511. The van der Waals surface area contributed by atoms with Gasteiger partial charge in [-0.05, 0) is 41.1 Å². The van der Waals surface area contributed by atoms with Crippen molar-refractivity contribution >= 4 is 27.7 Å². The van der Waals surface area contributed by atoms with E-state index in [9.17, 15) is 9.59 Å². The van der Waals surface area contributed by atoms with Crippen molar-refractivity contribution in [2.45, 2.75) is 6.92 Å². The lowest BCUT2D eigenvalue weighted by atomic mass is 10.2. The van der Waals surface area contributed by atoms with Gasteiger partial charge in [0, 0.05) is 17.1 Å². The average molecular weight is 312 g/mol. The van der Waals surface area contributed by atoms with Crippen molar-refractivity contribution in [1.82, 2.24) is 4.90 Å². The molecule has 96 valence electrons. The molecule has 18 heavy (non-hydrogen) atoms. The monoisotopic (exact) mass is 311 g/mol. The number of nitrogens with zero attached hydrogens (tertiary/aromatic N) is 1. The van der Waals surface area contributed by atoms with E-state index in [1.165, 1.54) is 14.2 Å². The number of likely N-dealkylation sites (N-methyl/N-ethyl adjacent to an activating group) is 1. The van der Waals surface area contributed by atoms with Gasteiger partial charge in [-0.3, -0.25) is 14.5 Å². The molecular formula is C13H14BrNO3. The summed E-state index contributed by atoms with van der Waals surface area (Å²) in [6.07, 6.45) is 0. The first-order valence-corrected chi connectivity index (χ1v) is 5.99. The normalized spacial score (nSPS) is 9.78. The van der Waals surface area contributed by atoms with Gasteiger partial charge in [-0.2, -0.15) is 0 Å². The van der Waals surface area contributed by atoms with Crippen LogP contribution in [0.2, 0.25) is 0 Å². The third-order valence-corrected chi connectivity index (χ3v) is 3.07. The second-order valence-corrected chi connectivity index (χ2v) is 4.65. The summed E-state index contributed by atoms with van der Waals surface area (Å²) >= 11 is 3.28. The lowest BCUT2D eigenvalue weighted by Gasteiger charge is -2.16. The SMILES string of the molecule is C=C(C)C(=O)N(C)C(=O)c1cc(OC)ccc1Br. The maximum Gasteiger partial charge on any atom is 0.261 e. The van der Waals surface area contributed by atoms with Gasteiger partial charge in [-0.25, -0.2) is 0 Å². The van der Waals surface area contributed by atoms with Crippen molar-refractivity contribution < 1.29 is 14.3 Å². The Labute approximate surface area is 114 Å². The first-order valence-electron chi connectivity index (χ1n) is 5.20. The highest BCUT2D eigenvalue weighted by Gasteiger charge is 2.21. The fraction of sp³-hybridized carbons (Fsp3) is 0.231. The Balaban J connectivity index is 3.10. The summed E-state index contributed by atoms with van der Waals surface area (Å²) in [5, 5.41) is 0. The lowest BCUT2D eigenvalue weighted by Crippen LogP contribution is -2.33. The van der Waals surface area contributed by atoms with Crippen molar-refractivity contribution in [2.75, 3.05) is 14.2 Å². The predicted octanol–water partition coefficient (Wildman–Crippen LogP) is 2.63. The summed E-state index contributed by atoms with van der Waals surface area (Å²) in [4.78, 5) is 24.9. The number of methoxy groups -OCH3 is 1. The number of carbonyl (C=O) groups excluding carboxylic acids is 2. The van der Waals surface area contributed by atoms with Crippen molar-refractivity contribution in [1.29, 1.82) is 0 Å². The Kier molecular flexibility index (Phi) is 4.67. The van der Waals surface area contributed by atoms with E-state index in [2.05, 4.69) is 22.5 Å². The average Bonchev–Trinajstić information content (AvgIpc) is 2.36. The van der Waals surface area contributed by atoms with E-state index in [0.717, 1.165) is 4.90 Å². The van der Waals surface area contributed by atoms with E-state index in [4.69, 9.17) is 4.74 Å². The highest BCUT2D eigenvalue weighted by atomic mass is 79.9. The number of ether oxygens (including phenoxy) is 1. The van der Waals surface area contributed by atoms with E-state index < -0.39 is 11.8 Å². The van der Waals surface area contributed by atoms with Crippen molar-refractivity contribution in [2.24, 2.45) is 0 Å². The molecule has 1 aromatic carbocycles. The highest BCUT2D eigenvalue weighted by Crippen LogP contribution is 2.23. The van der Waals surface area contributed by atoms with E-state index in [0.29, 0.717) is 21.4 Å². The van der Waals surface area contributed by atoms with Crippen LogP contribution in [0, 0.1) is 0 Å². The first-order chi connectivity index (χ1) is 8.38. The molecule has 1 aromatic rings. The number of carbonyl (C=O) groups is 2. The van der Waals surface area contributed by atoms with Crippen LogP contribution in [0.1, 0.15) is 17.3 Å². The van der Waals surface area contributed by atoms with Gasteiger partial charge in [0.05, 0.1) is 12.7 Å². The smallest absolute Gasteiger partial charge is 0.261 e. The number of hydrogen-bond acceptors (Lipinski definition) is 3. The van der Waals surface area contributed by atoms with Gasteiger partial charge in [0.1, 0.15) is 5.75 Å². The van der Waals surface area contributed by atoms with Gasteiger partial charge in [0.15, 0.2) is 0 Å². The Morgan fingerprint density at radius 3 is 2.50 bits per heavy atom. The van der Waals surface area contributed by atoms with E-state index >= 15 is 0 Å². The number of imide groups is 1. The summed E-state index contributed by atoms with van der Waals surface area (Å²) < 4.78 is 5.66. The van der Waals surface area contributed by atoms with Crippen molar-refractivity contribution in [3.63, 3.8) is 0 Å². The zero-order chi connectivity index (χ0) is 13.9. The fourth-order valence-electron chi connectivity index (χ4n) is 1.35. The molecule has 0 heterocycles. The zero-order valence-electron chi connectivity index (χ0n) is 10.5. The molecule has 0 aliphatic heterocycles. The van der Waals surface area contributed by atoms with Crippen LogP contribution >= 0.6 is 15.9 Å². The molecular weight excluding hydrogens is 298 g/mol. The lowest BCUT2D eigenvalue weighted by molar-refractivity contribution is -0.123. The minimum atomic E-state index is -0.409. The van der Waals surface area contributed by atoms with Gasteiger partial charge in [0.25, 0.3) is 11.8 Å². The quantitative estimate of drug-likeness (QED) is 0.806. The molecule has 0 fully saturated rings. The number of benzene rings is 1. The largest absolute Gasteiger partial charge is 0.497 e. The molecule has 0 aromatic heterocycles. The highest BCUT2D eigenvalue weighted by molar-refractivity contribution is 9.10. The molecule has 0 bridgehead atoms. The van der Waals surface area contributed by atoms with E-state index in [1.54, 1.807) is 25.1 Å². The Morgan fingerprint density at radius 2 is 2.00 bits per heavy atom. The second-order valence-electron chi connectivity index (χ2n) is 3.80. The standard InChI is InChI=1S/C13H14BrNO3/c1-8(2)12(16)15(3)13(17)10-7-9(18-4)5-6-11(10)14/h5-7H,1H2,2-4H3. The number of rotatable bonds is 3. The minimum absolute atomic E-state index is 0.310. The van der Waals surface area contributed by atoms with Gasteiger partial charge in [-0.15, -0.1) is 0 Å². The molecule has 0 aliphatic carbocycles. The molecule has 4 nitrogen and oxygen atoms in total. The minimum Gasteiger partial charge on any atom is -0.497 e. The number of hydrogen-bond donors (Lipinski definition) is 0. The van der Waals surface area contributed by atoms with Crippen LogP contribution in [-0.4, -0.2) is 30.9 Å². The molecule has 0 saturated heterocycles. The van der Waals surface area contributed by atoms with Gasteiger partial charge < -0.3 is 4.74 Å². The van der Waals surface area contributed by atoms with Crippen molar-refractivity contribution in [3.8, 4) is 5.75 Å². The number of amides is 2. The molecule has 1 rings (SSSR count). The fourth-order valence-corrected chi connectivity index (χ4v) is 1.77. The maximum atomic E-state index is 12.2. The van der Waals surface area contributed by atoms with Crippen LogP contribution in [-0.2, 0) is 4.79 Å². The Morgan fingerprint density at radius 1 is 1.39 bits per heavy atom. The maximum absolute atomic E-state index is 12.2. The molecule has 2 amide bonds. The summed E-state index contributed by atoms with van der Waals surface area (Å²) in [5.41, 5.74) is 0.677. The number of halogens is 1. The molecule has 0 aliphatic rings. The summed E-state index contributed by atoms with van der Waals surface area (Å²) in [7, 11) is 2.94. The summed E-state index contributed by atoms with van der Waals surface area (Å²) in [6.45, 7) is 5.09. The van der Waals surface area contributed by atoms with Crippen LogP contribution in [0.4, 0.5) is 0 Å². The predicted molar refractivity (Wildman–Crippen MR) is 72.6 cm³/mol. The molecule has 0 atom stereocenters. The molecule has 0 radical (unpaired) electrons. The topological polar surface area (TPSA) is 46.6 Å². The summed E-state index contributed by atoms with van der Waals surface area (Å²) in [6, 6.07) is 5.00. The molecule has 0 unspecified atom stereocenters. The van der Waals surface area contributed by atoms with Crippen LogP contribution in [0.25, 0.3) is 0 Å². The Hall–Kier alpha value is -1.62. The molecule has 0 N–H and O–H groups in total. The van der Waals surface area contributed by atoms with Crippen LogP contribution in [0.5, 0.6) is 5.75 Å². The molecule has 0 spiro atoms. The van der Waals surface area contributed by atoms with Crippen LogP contribution in [0.15, 0.2) is 34.8 Å². The zero-order valence-corrected chi connectivity index (χ0v) is 12.1. The van der Waals surface area contributed by atoms with Gasteiger partial charge >= 0.3 is 0 Å². The third-order valence-electron chi connectivity index (χ3n) is 2.38. The van der Waals surface area contributed by atoms with E-state index in [1.807, 2.05) is 0 Å². The van der Waals surface area contributed by atoms with Gasteiger partial charge in [0.2, 0.25) is 0 Å². The third kappa shape index (κ3) is 2.98. The van der Waals surface area contributed by atoms with Gasteiger partial charge in [-0.1, -0.05) is 6.58 Å². The van der Waals surface area contributed by atoms with Crippen LogP contribution < -0.4 is 4.74 Å². The summed E-state index contributed by atoms with van der Waals surface area (Å²) in [5.74, 6) is -0.263. The second kappa shape index (κ2) is 5.82. The molecule has 5 heteroatoms. The first kappa shape index (κ1) is 14.4. The van der Waals surface area contributed by atoms with E-state index in [-0.39, 0.29) is 0 Å². The van der Waals surface area contributed by atoms with Crippen LogP contribution in [0.3, 0.4) is 0 Å².